The molecule has 1 aromatic heterocycles. The van der Waals surface area contributed by atoms with Crippen LogP contribution in [0.3, 0.4) is 0 Å². The number of hydrogen-bond acceptors (Lipinski definition) is 5. The molecule has 29 heavy (non-hydrogen) atoms. The number of hydrogen-bond donors (Lipinski definition) is 1. The molecule has 2 heterocycles. The first kappa shape index (κ1) is 20.4. The monoisotopic (exact) mass is 425 g/mol. The Kier molecular flexibility index (Phi) is 6.50. The van der Waals surface area contributed by atoms with Gasteiger partial charge in [-0.1, -0.05) is 61.6 Å². The minimum atomic E-state index is -1.22. The third-order valence-corrected chi connectivity index (χ3v) is 7.70. The number of nitrogens with zero attached hydrogens (tertiary/aromatic N) is 2. The van der Waals surface area contributed by atoms with Gasteiger partial charge in [0.2, 0.25) is 5.16 Å². The van der Waals surface area contributed by atoms with E-state index in [-0.39, 0.29) is 5.37 Å². The Labute approximate surface area is 179 Å². The van der Waals surface area contributed by atoms with E-state index in [4.69, 9.17) is 0 Å². The number of anilines is 1. The summed E-state index contributed by atoms with van der Waals surface area (Å²) < 4.78 is 12.1. The summed E-state index contributed by atoms with van der Waals surface area (Å²) in [7, 11) is -1.22. The van der Waals surface area contributed by atoms with Crippen molar-refractivity contribution in [2.24, 2.45) is 11.8 Å². The lowest BCUT2D eigenvalue weighted by molar-refractivity contribution is 0.409. The van der Waals surface area contributed by atoms with Gasteiger partial charge in [-0.3, -0.25) is 4.21 Å². The number of aromatic nitrogens is 2. The molecule has 0 amide bonds. The molecule has 4 nitrogen and oxygen atoms in total. The largest absolute Gasteiger partial charge is 0.358 e. The maximum Gasteiger partial charge on any atom is 0.220 e. The molecule has 4 unspecified atom stereocenters. The van der Waals surface area contributed by atoms with Crippen LogP contribution in [-0.4, -0.2) is 31.1 Å². The average Bonchev–Trinajstić information content (AvgIpc) is 2.87. The van der Waals surface area contributed by atoms with Crippen LogP contribution in [0.15, 0.2) is 65.9 Å². The minimum absolute atomic E-state index is 0.279. The Hall–Kier alpha value is -1.92. The molecule has 1 fully saturated rings. The number of rotatable bonds is 5. The summed E-state index contributed by atoms with van der Waals surface area (Å²) in [5, 5.41) is 4.78. The maximum absolute atomic E-state index is 12.1. The van der Waals surface area contributed by atoms with Crippen molar-refractivity contribution in [1.29, 1.82) is 0 Å². The zero-order valence-corrected chi connectivity index (χ0v) is 18.5. The van der Waals surface area contributed by atoms with Crippen LogP contribution in [0.1, 0.15) is 31.0 Å². The van der Waals surface area contributed by atoms with E-state index in [2.05, 4.69) is 58.6 Å². The van der Waals surface area contributed by atoms with Crippen molar-refractivity contribution in [2.75, 3.05) is 11.6 Å². The summed E-state index contributed by atoms with van der Waals surface area (Å²) >= 11 is 1.97. The van der Waals surface area contributed by atoms with Crippen molar-refractivity contribution in [3.8, 4) is 0 Å². The molecular weight excluding hydrogens is 398 g/mol. The molecule has 1 aliphatic carbocycles. The maximum atomic E-state index is 12.1. The molecule has 0 bridgehead atoms. The average molecular weight is 426 g/mol. The fraction of sp³-hybridized carbons (Fsp3) is 0.391. The van der Waals surface area contributed by atoms with Crippen LogP contribution in [-0.2, 0) is 17.2 Å². The van der Waals surface area contributed by atoms with Gasteiger partial charge in [-0.2, -0.15) is 0 Å². The van der Waals surface area contributed by atoms with Crippen LogP contribution in [0.4, 0.5) is 5.82 Å². The van der Waals surface area contributed by atoms with Crippen molar-refractivity contribution in [3.05, 3.63) is 72.0 Å². The van der Waals surface area contributed by atoms with Crippen molar-refractivity contribution in [2.45, 2.75) is 42.0 Å². The lowest BCUT2D eigenvalue weighted by Crippen LogP contribution is -2.23. The SMILES string of the molecule is C[C@@H]1CCC(Nc2cc(Cc3ccccc3)nc(S(C)=O)n2)SC2C=CC=CC21. The van der Waals surface area contributed by atoms with E-state index in [9.17, 15) is 4.21 Å². The summed E-state index contributed by atoms with van der Waals surface area (Å²) in [6.07, 6.45) is 13.6. The van der Waals surface area contributed by atoms with Gasteiger partial charge in [-0.25, -0.2) is 9.97 Å². The van der Waals surface area contributed by atoms with E-state index in [1.54, 1.807) is 6.26 Å². The standard InChI is InChI=1S/C23H27N3OS2/c1-16-12-13-22(28-20-11-7-6-10-19(16)20)25-21-15-18(24-23(26-21)29(2)27)14-17-8-4-3-5-9-17/h3-11,15-16,19-20,22H,12-14H2,1-2H3,(H,24,25,26)/t16-,19?,20?,22?,29?/m1/s1. The molecule has 1 aromatic carbocycles. The summed E-state index contributed by atoms with van der Waals surface area (Å²) in [6, 6.07) is 12.2. The molecular formula is C23H27N3OS2. The van der Waals surface area contributed by atoms with Gasteiger partial charge in [-0.15, -0.1) is 11.8 Å². The van der Waals surface area contributed by atoms with Crippen molar-refractivity contribution in [1.82, 2.24) is 9.97 Å². The van der Waals surface area contributed by atoms with E-state index >= 15 is 0 Å². The summed E-state index contributed by atoms with van der Waals surface area (Å²) in [5.74, 6) is 2.03. The molecule has 1 saturated heterocycles. The van der Waals surface area contributed by atoms with Gasteiger partial charge >= 0.3 is 0 Å². The third kappa shape index (κ3) is 5.17. The summed E-state index contributed by atoms with van der Waals surface area (Å²) in [4.78, 5) is 9.09. The first-order chi connectivity index (χ1) is 14.1. The number of allylic oxidation sites excluding steroid dienone is 3. The Morgan fingerprint density at radius 2 is 1.93 bits per heavy atom. The van der Waals surface area contributed by atoms with E-state index in [1.165, 1.54) is 12.0 Å². The molecule has 1 aliphatic heterocycles. The Morgan fingerprint density at radius 3 is 2.72 bits per heavy atom. The first-order valence-electron chi connectivity index (χ1n) is 10.1. The fourth-order valence-corrected chi connectivity index (χ4v) is 6.00. The zero-order valence-electron chi connectivity index (χ0n) is 16.8. The predicted molar refractivity (Wildman–Crippen MR) is 123 cm³/mol. The lowest BCUT2D eigenvalue weighted by atomic mass is 9.85. The number of benzene rings is 1. The van der Waals surface area contributed by atoms with Gasteiger partial charge in [0.25, 0.3) is 0 Å². The highest BCUT2D eigenvalue weighted by Gasteiger charge is 2.31. The highest BCUT2D eigenvalue weighted by atomic mass is 32.2. The van der Waals surface area contributed by atoms with E-state index in [0.717, 1.165) is 17.9 Å². The Balaban J connectivity index is 1.55. The molecule has 5 atom stereocenters. The van der Waals surface area contributed by atoms with Gasteiger partial charge in [0.05, 0.1) is 21.9 Å². The van der Waals surface area contributed by atoms with Crippen molar-refractivity contribution < 1.29 is 4.21 Å². The van der Waals surface area contributed by atoms with Crippen LogP contribution in [0, 0.1) is 11.8 Å². The van der Waals surface area contributed by atoms with Gasteiger partial charge < -0.3 is 5.32 Å². The molecule has 0 saturated carbocycles. The quantitative estimate of drug-likeness (QED) is 0.696. The second-order valence-corrected chi connectivity index (χ2v) is 10.4. The predicted octanol–water partition coefficient (Wildman–Crippen LogP) is 4.82. The normalized spacial score (nSPS) is 27.1. The van der Waals surface area contributed by atoms with Crippen LogP contribution in [0.2, 0.25) is 0 Å². The molecule has 152 valence electrons. The highest BCUT2D eigenvalue weighted by molar-refractivity contribution is 8.00. The van der Waals surface area contributed by atoms with Crippen molar-refractivity contribution in [3.63, 3.8) is 0 Å². The topological polar surface area (TPSA) is 54.9 Å². The van der Waals surface area contributed by atoms with E-state index in [1.807, 2.05) is 36.0 Å². The van der Waals surface area contributed by atoms with E-state index in [0.29, 0.717) is 28.7 Å². The Morgan fingerprint density at radius 1 is 1.14 bits per heavy atom. The van der Waals surface area contributed by atoms with Gasteiger partial charge in [-0.05, 0) is 30.2 Å². The molecule has 6 heteroatoms. The van der Waals surface area contributed by atoms with Gasteiger partial charge in [0.1, 0.15) is 5.82 Å². The van der Waals surface area contributed by atoms with Crippen LogP contribution in [0.5, 0.6) is 0 Å². The summed E-state index contributed by atoms with van der Waals surface area (Å²) in [5.41, 5.74) is 2.08. The number of nitrogens with one attached hydrogen (secondary N) is 1. The van der Waals surface area contributed by atoms with Gasteiger partial charge in [0, 0.05) is 24.0 Å². The van der Waals surface area contributed by atoms with Crippen molar-refractivity contribution >= 4 is 28.4 Å². The second kappa shape index (κ2) is 9.26. The summed E-state index contributed by atoms with van der Waals surface area (Å²) in [6.45, 7) is 2.35. The van der Waals surface area contributed by atoms with Crippen LogP contribution < -0.4 is 5.32 Å². The first-order valence-corrected chi connectivity index (χ1v) is 12.6. The third-order valence-electron chi connectivity index (χ3n) is 5.54. The van der Waals surface area contributed by atoms with Crippen LogP contribution in [0.25, 0.3) is 0 Å². The number of thioether (sulfide) groups is 1. The molecule has 0 radical (unpaired) electrons. The van der Waals surface area contributed by atoms with Crippen LogP contribution >= 0.6 is 11.8 Å². The molecule has 1 N–H and O–H groups in total. The van der Waals surface area contributed by atoms with Gasteiger partial charge in [0.15, 0.2) is 0 Å². The lowest BCUT2D eigenvalue weighted by Gasteiger charge is -2.27. The molecule has 2 aromatic rings. The second-order valence-electron chi connectivity index (χ2n) is 7.78. The number of fused-ring (bicyclic) bond motifs is 1. The zero-order chi connectivity index (χ0) is 20.2. The Bertz CT molecular complexity index is 929. The minimum Gasteiger partial charge on any atom is -0.358 e. The molecule has 2 aliphatic rings. The molecule has 4 rings (SSSR count). The van der Waals surface area contributed by atoms with E-state index < -0.39 is 10.8 Å². The smallest absolute Gasteiger partial charge is 0.220 e. The molecule has 0 spiro atoms. The highest BCUT2D eigenvalue weighted by Crippen LogP contribution is 2.40. The fourth-order valence-electron chi connectivity index (χ4n) is 3.96.